The van der Waals surface area contributed by atoms with Crippen LogP contribution in [0.25, 0.3) is 0 Å². The first-order valence-corrected chi connectivity index (χ1v) is 9.81. The van der Waals surface area contributed by atoms with Gasteiger partial charge in [-0.05, 0) is 56.3 Å². The van der Waals surface area contributed by atoms with Crippen LogP contribution in [0.5, 0.6) is 0 Å². The minimum Gasteiger partial charge on any atom is -0.322 e. The molecular weight excluding hydrogens is 346 g/mol. The summed E-state index contributed by atoms with van der Waals surface area (Å²) in [6.45, 7) is 6.92. The van der Waals surface area contributed by atoms with E-state index < -0.39 is 5.54 Å². The Morgan fingerprint density at radius 1 is 1.31 bits per heavy atom. The van der Waals surface area contributed by atoms with E-state index in [9.17, 15) is 9.59 Å². The van der Waals surface area contributed by atoms with Gasteiger partial charge in [-0.1, -0.05) is 12.1 Å². The van der Waals surface area contributed by atoms with Crippen LogP contribution in [0, 0.1) is 0 Å². The zero-order valence-electron chi connectivity index (χ0n) is 15.3. The second-order valence-corrected chi connectivity index (χ2v) is 8.46. The van der Waals surface area contributed by atoms with E-state index in [2.05, 4.69) is 28.6 Å². The molecule has 0 saturated carbocycles. The van der Waals surface area contributed by atoms with Crippen LogP contribution in [-0.2, 0) is 16.0 Å². The van der Waals surface area contributed by atoms with Crippen molar-refractivity contribution in [3.05, 3.63) is 46.2 Å². The summed E-state index contributed by atoms with van der Waals surface area (Å²) in [6.07, 6.45) is 0.977. The summed E-state index contributed by atoms with van der Waals surface area (Å²) in [6, 6.07) is 9.87. The molecule has 0 aliphatic carbocycles. The summed E-state index contributed by atoms with van der Waals surface area (Å²) in [4.78, 5) is 31.1. The van der Waals surface area contributed by atoms with Crippen LogP contribution in [0.1, 0.15) is 37.3 Å². The van der Waals surface area contributed by atoms with Crippen molar-refractivity contribution >= 4 is 34.5 Å². The molecule has 5 nitrogen and oxygen atoms in total. The van der Waals surface area contributed by atoms with Gasteiger partial charge in [0, 0.05) is 17.5 Å². The molecule has 2 aromatic rings. The van der Waals surface area contributed by atoms with Gasteiger partial charge in [-0.15, -0.1) is 11.3 Å². The molecule has 0 radical (unpaired) electrons. The minimum absolute atomic E-state index is 0.0390. The second-order valence-electron chi connectivity index (χ2n) is 7.46. The molecule has 1 aromatic carbocycles. The zero-order valence-corrected chi connectivity index (χ0v) is 16.1. The Morgan fingerprint density at radius 2 is 2.08 bits per heavy atom. The molecule has 0 spiro atoms. The van der Waals surface area contributed by atoms with E-state index >= 15 is 0 Å². The first-order chi connectivity index (χ1) is 12.4. The average molecular weight is 369 g/mol. The maximum absolute atomic E-state index is 13.3. The number of carbonyl (C=O) groups is 2. The largest absolute Gasteiger partial charge is 0.322 e. The van der Waals surface area contributed by atoms with Gasteiger partial charge in [0.1, 0.15) is 5.54 Å². The molecule has 136 valence electrons. The number of anilines is 2. The number of fused-ring (bicyclic) bond motifs is 2. The van der Waals surface area contributed by atoms with Gasteiger partial charge < -0.3 is 5.32 Å². The van der Waals surface area contributed by atoms with Crippen molar-refractivity contribution in [3.8, 4) is 0 Å². The van der Waals surface area contributed by atoms with Crippen LogP contribution >= 0.6 is 11.3 Å². The van der Waals surface area contributed by atoms with Crippen molar-refractivity contribution in [2.24, 2.45) is 0 Å². The third-order valence-corrected chi connectivity index (χ3v) is 6.50. The number of para-hydroxylation sites is 2. The van der Waals surface area contributed by atoms with Gasteiger partial charge in [-0.25, -0.2) is 0 Å². The number of hydrogen-bond acceptors (Lipinski definition) is 4. The molecule has 0 bridgehead atoms. The summed E-state index contributed by atoms with van der Waals surface area (Å²) in [5.41, 5.74) is 1.86. The first-order valence-electron chi connectivity index (χ1n) is 8.93. The van der Waals surface area contributed by atoms with E-state index in [4.69, 9.17) is 0 Å². The van der Waals surface area contributed by atoms with Gasteiger partial charge in [0.25, 0.3) is 0 Å². The number of hydrogen-bond donors (Lipinski definition) is 1. The third kappa shape index (κ3) is 2.64. The second kappa shape index (κ2) is 6.21. The standard InChI is InChI=1S/C20H23N3O2S/c1-13-14-9-11-26-17(14)8-10-22(13)12-18(24)23-16-7-5-4-6-15(16)21-19(25)20(23,2)3/h4-7,9,11,13H,8,10,12H2,1-3H3,(H,21,25)/t13-/m1/s1. The van der Waals surface area contributed by atoms with E-state index in [1.807, 2.05) is 24.3 Å². The highest BCUT2D eigenvalue weighted by atomic mass is 32.1. The molecule has 0 saturated heterocycles. The lowest BCUT2D eigenvalue weighted by Gasteiger charge is -2.43. The first kappa shape index (κ1) is 17.2. The van der Waals surface area contributed by atoms with Crippen molar-refractivity contribution < 1.29 is 9.59 Å². The van der Waals surface area contributed by atoms with Gasteiger partial charge in [0.15, 0.2) is 0 Å². The predicted molar refractivity (Wildman–Crippen MR) is 105 cm³/mol. The Bertz CT molecular complexity index is 873. The Kier molecular flexibility index (Phi) is 4.12. The number of rotatable bonds is 2. The van der Waals surface area contributed by atoms with Crippen LogP contribution in [-0.4, -0.2) is 35.3 Å². The lowest BCUT2D eigenvalue weighted by molar-refractivity contribution is -0.127. The van der Waals surface area contributed by atoms with E-state index in [1.54, 1.807) is 30.1 Å². The molecule has 0 fully saturated rings. The number of thiophene rings is 1. The van der Waals surface area contributed by atoms with Crippen LogP contribution in [0.15, 0.2) is 35.7 Å². The van der Waals surface area contributed by atoms with Crippen molar-refractivity contribution in [1.82, 2.24) is 4.90 Å². The summed E-state index contributed by atoms with van der Waals surface area (Å²) < 4.78 is 0. The molecule has 26 heavy (non-hydrogen) atoms. The van der Waals surface area contributed by atoms with Gasteiger partial charge in [-0.3, -0.25) is 19.4 Å². The van der Waals surface area contributed by atoms with E-state index in [1.165, 1.54) is 10.4 Å². The summed E-state index contributed by atoms with van der Waals surface area (Å²) in [5, 5.41) is 5.04. The molecule has 3 heterocycles. The SMILES string of the molecule is C[C@@H]1c2ccsc2CCN1CC(=O)N1c2ccccc2NC(=O)C1(C)C. The van der Waals surface area contributed by atoms with Gasteiger partial charge in [0.05, 0.1) is 17.9 Å². The molecule has 1 atom stereocenters. The van der Waals surface area contributed by atoms with Crippen LogP contribution in [0.4, 0.5) is 11.4 Å². The molecule has 0 unspecified atom stereocenters. The quantitative estimate of drug-likeness (QED) is 0.882. The lowest BCUT2D eigenvalue weighted by Crippen LogP contribution is -2.60. The molecule has 4 rings (SSSR count). The Labute approximate surface area is 157 Å². The van der Waals surface area contributed by atoms with Crippen LogP contribution in [0.3, 0.4) is 0 Å². The molecular formula is C20H23N3O2S. The summed E-state index contributed by atoms with van der Waals surface area (Å²) >= 11 is 1.79. The van der Waals surface area contributed by atoms with Crippen LogP contribution < -0.4 is 10.2 Å². The third-order valence-electron chi connectivity index (χ3n) is 5.50. The van der Waals surface area contributed by atoms with Crippen molar-refractivity contribution in [3.63, 3.8) is 0 Å². The highest BCUT2D eigenvalue weighted by molar-refractivity contribution is 7.10. The van der Waals surface area contributed by atoms with Gasteiger partial charge >= 0.3 is 0 Å². The topological polar surface area (TPSA) is 52.7 Å². The van der Waals surface area contributed by atoms with E-state index in [0.717, 1.165) is 18.7 Å². The van der Waals surface area contributed by atoms with Crippen LogP contribution in [0.2, 0.25) is 0 Å². The smallest absolute Gasteiger partial charge is 0.250 e. The Morgan fingerprint density at radius 3 is 2.88 bits per heavy atom. The fraction of sp³-hybridized carbons (Fsp3) is 0.400. The monoisotopic (exact) mass is 369 g/mol. The number of nitrogens with zero attached hydrogens (tertiary/aromatic N) is 2. The number of carbonyl (C=O) groups excluding carboxylic acids is 2. The molecule has 1 aromatic heterocycles. The molecule has 1 N–H and O–H groups in total. The van der Waals surface area contributed by atoms with Crippen molar-refractivity contribution in [2.75, 3.05) is 23.3 Å². The maximum atomic E-state index is 13.3. The number of amides is 2. The fourth-order valence-corrected chi connectivity index (χ4v) is 4.88. The molecule has 2 amide bonds. The summed E-state index contributed by atoms with van der Waals surface area (Å²) in [7, 11) is 0. The fourth-order valence-electron chi connectivity index (χ4n) is 3.92. The highest BCUT2D eigenvalue weighted by Crippen LogP contribution is 2.38. The molecule has 6 heteroatoms. The zero-order chi connectivity index (χ0) is 18.5. The van der Waals surface area contributed by atoms with Crippen molar-refractivity contribution in [2.45, 2.75) is 38.8 Å². The maximum Gasteiger partial charge on any atom is 0.250 e. The molecule has 2 aliphatic rings. The van der Waals surface area contributed by atoms with E-state index in [-0.39, 0.29) is 17.9 Å². The van der Waals surface area contributed by atoms with Gasteiger partial charge in [0.2, 0.25) is 11.8 Å². The Balaban J connectivity index is 1.62. The molecule has 2 aliphatic heterocycles. The number of benzene rings is 1. The normalized spacial score (nSPS) is 21.7. The Hall–Kier alpha value is -2.18. The highest BCUT2D eigenvalue weighted by Gasteiger charge is 2.44. The predicted octanol–water partition coefficient (Wildman–Crippen LogP) is 3.43. The summed E-state index contributed by atoms with van der Waals surface area (Å²) in [5.74, 6) is -0.195. The average Bonchev–Trinajstić information content (AvgIpc) is 3.07. The van der Waals surface area contributed by atoms with Gasteiger partial charge in [-0.2, -0.15) is 0 Å². The minimum atomic E-state index is -0.919. The number of nitrogens with one attached hydrogen (secondary N) is 1. The van der Waals surface area contributed by atoms with Crippen molar-refractivity contribution in [1.29, 1.82) is 0 Å². The lowest BCUT2D eigenvalue weighted by atomic mass is 9.95. The van der Waals surface area contributed by atoms with E-state index in [0.29, 0.717) is 12.2 Å².